The van der Waals surface area contributed by atoms with Crippen LogP contribution in [0.4, 0.5) is 5.69 Å². The van der Waals surface area contributed by atoms with Crippen molar-refractivity contribution in [3.05, 3.63) is 45.4 Å². The minimum atomic E-state index is -0.0737. The molecule has 0 aliphatic carbocycles. The summed E-state index contributed by atoms with van der Waals surface area (Å²) in [5.74, 6) is -0.0737. The van der Waals surface area contributed by atoms with Gasteiger partial charge in [-0.15, -0.1) is 11.3 Å². The maximum atomic E-state index is 12.1. The van der Waals surface area contributed by atoms with Crippen LogP contribution in [0.2, 0.25) is 0 Å². The number of benzene rings is 1. The Bertz CT molecular complexity index is 592. The molecular formula is C14H17N3OS. The normalized spacial score (nSPS) is 10.3. The van der Waals surface area contributed by atoms with Gasteiger partial charge < -0.3 is 10.6 Å². The summed E-state index contributed by atoms with van der Waals surface area (Å²) < 4.78 is 0. The smallest absolute Gasteiger partial charge is 0.253 e. The summed E-state index contributed by atoms with van der Waals surface area (Å²) in [5.41, 5.74) is 2.63. The highest BCUT2D eigenvalue weighted by Gasteiger charge is 2.10. The molecule has 2 N–H and O–H groups in total. The third kappa shape index (κ3) is 3.32. The first-order chi connectivity index (χ1) is 9.10. The number of nitrogens with one attached hydrogen (secondary N) is 2. The molecule has 1 heterocycles. The number of anilines is 1. The molecule has 1 amide bonds. The summed E-state index contributed by atoms with van der Waals surface area (Å²) in [7, 11) is 1.82. The summed E-state index contributed by atoms with van der Waals surface area (Å²) in [4.78, 5) is 17.4. The van der Waals surface area contributed by atoms with Crippen LogP contribution in [0.1, 0.15) is 25.8 Å². The quantitative estimate of drug-likeness (QED) is 0.902. The molecule has 100 valence electrons. The second kappa shape index (κ2) is 5.84. The molecule has 0 fully saturated rings. The van der Waals surface area contributed by atoms with Gasteiger partial charge in [0.15, 0.2) is 0 Å². The maximum Gasteiger partial charge on any atom is 0.253 e. The Morgan fingerprint density at radius 1 is 1.37 bits per heavy atom. The van der Waals surface area contributed by atoms with Crippen LogP contribution < -0.4 is 10.6 Å². The number of carbonyl (C=O) groups excluding carboxylic acids is 1. The SMILES string of the molecule is CNc1cc(C)ccc1C(=O)NCc1cnc(C)s1. The van der Waals surface area contributed by atoms with E-state index in [1.165, 1.54) is 0 Å². The van der Waals surface area contributed by atoms with Crippen molar-refractivity contribution in [1.82, 2.24) is 10.3 Å². The molecule has 5 heteroatoms. The second-order valence-electron chi connectivity index (χ2n) is 4.33. The van der Waals surface area contributed by atoms with Crippen LogP contribution >= 0.6 is 11.3 Å². The van der Waals surface area contributed by atoms with Gasteiger partial charge in [-0.1, -0.05) is 6.07 Å². The van der Waals surface area contributed by atoms with Crippen molar-refractivity contribution in [2.75, 3.05) is 12.4 Å². The van der Waals surface area contributed by atoms with Gasteiger partial charge in [0, 0.05) is 23.8 Å². The topological polar surface area (TPSA) is 54.0 Å². The largest absolute Gasteiger partial charge is 0.387 e. The number of nitrogens with zero attached hydrogens (tertiary/aromatic N) is 1. The third-order valence-corrected chi connectivity index (χ3v) is 3.69. The number of rotatable bonds is 4. The van der Waals surface area contributed by atoms with E-state index in [9.17, 15) is 4.79 Å². The fourth-order valence-corrected chi connectivity index (χ4v) is 2.55. The average Bonchev–Trinajstić information content (AvgIpc) is 2.81. The average molecular weight is 275 g/mol. The van der Waals surface area contributed by atoms with E-state index in [1.54, 1.807) is 17.5 Å². The van der Waals surface area contributed by atoms with Crippen LogP contribution in [0.25, 0.3) is 0 Å². The Balaban J connectivity index is 2.07. The number of aryl methyl sites for hydroxylation is 2. The molecule has 0 saturated carbocycles. The van der Waals surface area contributed by atoms with Gasteiger partial charge >= 0.3 is 0 Å². The van der Waals surface area contributed by atoms with Gasteiger partial charge in [0.2, 0.25) is 0 Å². The van der Waals surface area contributed by atoms with Crippen molar-refractivity contribution in [2.45, 2.75) is 20.4 Å². The molecule has 1 aromatic heterocycles. The predicted octanol–water partition coefficient (Wildman–Crippen LogP) is 2.73. The maximum absolute atomic E-state index is 12.1. The number of aromatic nitrogens is 1. The van der Waals surface area contributed by atoms with Gasteiger partial charge in [-0.05, 0) is 31.5 Å². The van der Waals surface area contributed by atoms with Gasteiger partial charge in [0.1, 0.15) is 0 Å². The number of hydrogen-bond donors (Lipinski definition) is 2. The fourth-order valence-electron chi connectivity index (χ4n) is 1.81. The molecule has 19 heavy (non-hydrogen) atoms. The zero-order valence-electron chi connectivity index (χ0n) is 11.3. The van der Waals surface area contributed by atoms with Crippen LogP contribution in [0.3, 0.4) is 0 Å². The van der Waals surface area contributed by atoms with Crippen molar-refractivity contribution < 1.29 is 4.79 Å². The summed E-state index contributed by atoms with van der Waals surface area (Å²) in [5, 5.41) is 6.97. The Labute approximate surface area is 116 Å². The van der Waals surface area contributed by atoms with E-state index in [2.05, 4.69) is 15.6 Å². The number of carbonyl (C=O) groups is 1. The molecule has 0 aliphatic rings. The van der Waals surface area contributed by atoms with Crippen LogP contribution in [0, 0.1) is 13.8 Å². The first kappa shape index (κ1) is 13.5. The first-order valence-electron chi connectivity index (χ1n) is 6.08. The molecule has 0 radical (unpaired) electrons. The lowest BCUT2D eigenvalue weighted by Crippen LogP contribution is -2.23. The van der Waals surface area contributed by atoms with Crippen molar-refractivity contribution in [3.63, 3.8) is 0 Å². The van der Waals surface area contributed by atoms with Crippen molar-refractivity contribution in [1.29, 1.82) is 0 Å². The minimum Gasteiger partial charge on any atom is -0.387 e. The van der Waals surface area contributed by atoms with Gasteiger partial charge in [0.05, 0.1) is 17.1 Å². The molecule has 1 aromatic carbocycles. The second-order valence-corrected chi connectivity index (χ2v) is 5.65. The predicted molar refractivity (Wildman–Crippen MR) is 78.7 cm³/mol. The number of amides is 1. The molecule has 0 unspecified atom stereocenters. The summed E-state index contributed by atoms with van der Waals surface area (Å²) in [6, 6.07) is 5.74. The lowest BCUT2D eigenvalue weighted by molar-refractivity contribution is 0.0952. The molecule has 2 rings (SSSR count). The lowest BCUT2D eigenvalue weighted by Gasteiger charge is -2.10. The third-order valence-electron chi connectivity index (χ3n) is 2.78. The molecule has 0 aliphatic heterocycles. The molecule has 4 nitrogen and oxygen atoms in total. The Morgan fingerprint density at radius 2 is 2.16 bits per heavy atom. The van der Waals surface area contributed by atoms with Crippen molar-refractivity contribution in [3.8, 4) is 0 Å². The molecule has 0 atom stereocenters. The van der Waals surface area contributed by atoms with E-state index < -0.39 is 0 Å². The zero-order chi connectivity index (χ0) is 13.8. The van der Waals surface area contributed by atoms with E-state index in [4.69, 9.17) is 0 Å². The number of thiazole rings is 1. The van der Waals surface area contributed by atoms with Gasteiger partial charge in [0.25, 0.3) is 5.91 Å². The highest BCUT2D eigenvalue weighted by molar-refractivity contribution is 7.11. The van der Waals surface area contributed by atoms with E-state index in [0.29, 0.717) is 12.1 Å². The van der Waals surface area contributed by atoms with E-state index in [-0.39, 0.29) is 5.91 Å². The van der Waals surface area contributed by atoms with Gasteiger partial charge in [-0.2, -0.15) is 0 Å². The standard InChI is InChI=1S/C14H17N3OS/c1-9-4-5-12(13(6-9)15-3)14(18)17-8-11-7-16-10(2)19-11/h4-7,15H,8H2,1-3H3,(H,17,18). The van der Waals surface area contributed by atoms with E-state index in [1.807, 2.05) is 39.1 Å². The minimum absolute atomic E-state index is 0.0737. The van der Waals surface area contributed by atoms with Gasteiger partial charge in [-0.25, -0.2) is 4.98 Å². The van der Waals surface area contributed by atoms with Crippen LogP contribution in [-0.2, 0) is 6.54 Å². The Hall–Kier alpha value is -1.88. The van der Waals surface area contributed by atoms with Crippen molar-refractivity contribution in [2.24, 2.45) is 0 Å². The van der Waals surface area contributed by atoms with E-state index in [0.717, 1.165) is 21.1 Å². The molecule has 0 bridgehead atoms. The lowest BCUT2D eigenvalue weighted by atomic mass is 10.1. The highest BCUT2D eigenvalue weighted by atomic mass is 32.1. The number of hydrogen-bond acceptors (Lipinski definition) is 4. The van der Waals surface area contributed by atoms with Crippen LogP contribution in [-0.4, -0.2) is 17.9 Å². The molecule has 0 spiro atoms. The monoisotopic (exact) mass is 275 g/mol. The van der Waals surface area contributed by atoms with Crippen LogP contribution in [0.5, 0.6) is 0 Å². The molecule has 0 saturated heterocycles. The molecular weight excluding hydrogens is 258 g/mol. The molecule has 2 aromatic rings. The summed E-state index contributed by atoms with van der Waals surface area (Å²) in [6.45, 7) is 4.47. The highest BCUT2D eigenvalue weighted by Crippen LogP contribution is 2.17. The zero-order valence-corrected chi connectivity index (χ0v) is 12.1. The van der Waals surface area contributed by atoms with Gasteiger partial charge in [-0.3, -0.25) is 4.79 Å². The fraction of sp³-hybridized carbons (Fsp3) is 0.286. The first-order valence-corrected chi connectivity index (χ1v) is 6.89. The van der Waals surface area contributed by atoms with Crippen LogP contribution in [0.15, 0.2) is 24.4 Å². The van der Waals surface area contributed by atoms with Crippen molar-refractivity contribution >= 4 is 22.9 Å². The van der Waals surface area contributed by atoms with E-state index >= 15 is 0 Å². The summed E-state index contributed by atoms with van der Waals surface area (Å²) >= 11 is 1.60. The Kier molecular flexibility index (Phi) is 4.16. The summed E-state index contributed by atoms with van der Waals surface area (Å²) in [6.07, 6.45) is 1.80. The Morgan fingerprint density at radius 3 is 2.79 bits per heavy atom.